The molecule has 2 rings (SSSR count). The minimum atomic E-state index is -3.60. The fraction of sp³-hybridized carbons (Fsp3) is 0.143. The number of hydrogen-bond acceptors (Lipinski definition) is 4. The number of rotatable bonds is 4. The molecule has 0 amide bonds. The average Bonchev–Trinajstić information content (AvgIpc) is 2.46. The first-order chi connectivity index (χ1) is 9.85. The van der Waals surface area contributed by atoms with E-state index in [2.05, 4.69) is 4.72 Å². The number of anilines is 3. The first-order valence-electron chi connectivity index (χ1n) is 6.17. The lowest BCUT2D eigenvalue weighted by Crippen LogP contribution is -2.20. The van der Waals surface area contributed by atoms with E-state index in [9.17, 15) is 12.8 Å². The molecule has 0 aromatic heterocycles. The number of halogens is 1. The molecular weight excluding hydrogens is 293 g/mol. The minimum Gasteiger partial charge on any atom is -0.398 e. The highest BCUT2D eigenvalue weighted by Gasteiger charge is 2.16. The molecule has 0 atom stereocenters. The summed E-state index contributed by atoms with van der Waals surface area (Å²) in [6.07, 6.45) is 0. The van der Waals surface area contributed by atoms with Crippen molar-refractivity contribution in [3.05, 3.63) is 48.3 Å². The van der Waals surface area contributed by atoms with Gasteiger partial charge in [-0.1, -0.05) is 6.07 Å². The van der Waals surface area contributed by atoms with E-state index in [-0.39, 0.29) is 16.4 Å². The van der Waals surface area contributed by atoms with Crippen molar-refractivity contribution < 1.29 is 12.8 Å². The Bertz CT molecular complexity index is 763. The summed E-state index contributed by atoms with van der Waals surface area (Å²) in [5.74, 6) is -0.346. The number of nitrogens with zero attached hydrogens (tertiary/aromatic N) is 1. The minimum absolute atomic E-state index is 0.0152. The zero-order valence-electron chi connectivity index (χ0n) is 11.7. The van der Waals surface area contributed by atoms with Crippen LogP contribution in [0.3, 0.4) is 0 Å². The summed E-state index contributed by atoms with van der Waals surface area (Å²) in [7, 11) is -0.529. The predicted octanol–water partition coefficient (Wildman–Crippen LogP) is 2.08. The number of nitrogens with one attached hydrogen (secondary N) is 1. The summed E-state index contributed by atoms with van der Waals surface area (Å²) in [5, 5.41) is 0. The predicted molar refractivity (Wildman–Crippen MR) is 81.6 cm³/mol. The smallest absolute Gasteiger partial charge is 0.242 e. The average molecular weight is 309 g/mol. The van der Waals surface area contributed by atoms with Gasteiger partial charge in [-0.25, -0.2) is 17.5 Å². The van der Waals surface area contributed by atoms with Crippen LogP contribution in [0.1, 0.15) is 0 Å². The number of sulfonamides is 1. The number of benzene rings is 2. The standard InChI is InChI=1S/C14H16FN3O2S/c1-17-21(19,20)14-7-6-12(9-13(14)16)18(2)11-5-3-4-10(15)8-11/h3-9,17H,16H2,1-2H3. The molecule has 0 bridgehead atoms. The van der Waals surface area contributed by atoms with Crippen LogP contribution in [0.5, 0.6) is 0 Å². The Hall–Kier alpha value is -2.12. The first-order valence-corrected chi connectivity index (χ1v) is 7.66. The van der Waals surface area contributed by atoms with Gasteiger partial charge in [-0.15, -0.1) is 0 Å². The second-order valence-electron chi connectivity index (χ2n) is 4.47. The molecular formula is C14H16FN3O2S. The molecule has 2 aromatic carbocycles. The van der Waals surface area contributed by atoms with Crippen LogP contribution in [0, 0.1) is 5.82 Å². The summed E-state index contributed by atoms with van der Waals surface area (Å²) in [4.78, 5) is 1.73. The maximum atomic E-state index is 13.2. The lowest BCUT2D eigenvalue weighted by molar-refractivity contribution is 0.588. The molecule has 5 nitrogen and oxygen atoms in total. The van der Waals surface area contributed by atoms with Crippen LogP contribution in [0.15, 0.2) is 47.4 Å². The van der Waals surface area contributed by atoms with Gasteiger partial charge in [0.2, 0.25) is 10.0 Å². The molecule has 3 N–H and O–H groups in total. The molecule has 0 heterocycles. The van der Waals surface area contributed by atoms with Crippen LogP contribution in [-0.4, -0.2) is 22.5 Å². The monoisotopic (exact) mass is 309 g/mol. The van der Waals surface area contributed by atoms with Crippen molar-refractivity contribution in [2.45, 2.75) is 4.90 Å². The Balaban J connectivity index is 2.41. The molecule has 2 aromatic rings. The second kappa shape index (κ2) is 5.71. The van der Waals surface area contributed by atoms with Crippen LogP contribution in [0.25, 0.3) is 0 Å². The molecule has 0 radical (unpaired) electrons. The van der Waals surface area contributed by atoms with E-state index in [1.807, 2.05) is 0 Å². The highest BCUT2D eigenvalue weighted by molar-refractivity contribution is 7.89. The van der Waals surface area contributed by atoms with Gasteiger partial charge in [0.1, 0.15) is 10.7 Å². The van der Waals surface area contributed by atoms with Crippen LogP contribution >= 0.6 is 0 Å². The lowest BCUT2D eigenvalue weighted by Gasteiger charge is -2.20. The normalized spacial score (nSPS) is 11.4. The first kappa shape index (κ1) is 15.3. The van der Waals surface area contributed by atoms with E-state index in [1.54, 1.807) is 30.1 Å². The van der Waals surface area contributed by atoms with Gasteiger partial charge in [-0.05, 0) is 43.4 Å². The van der Waals surface area contributed by atoms with Crippen molar-refractivity contribution in [3.63, 3.8) is 0 Å². The molecule has 0 saturated carbocycles. The summed E-state index contributed by atoms with van der Waals surface area (Å²) >= 11 is 0. The maximum absolute atomic E-state index is 13.2. The Morgan fingerprint density at radius 1 is 1.14 bits per heavy atom. The Morgan fingerprint density at radius 2 is 1.81 bits per heavy atom. The zero-order chi connectivity index (χ0) is 15.6. The zero-order valence-corrected chi connectivity index (χ0v) is 12.5. The number of nitrogens with two attached hydrogens (primary N) is 1. The maximum Gasteiger partial charge on any atom is 0.242 e. The van der Waals surface area contributed by atoms with Crippen molar-refractivity contribution in [1.29, 1.82) is 0 Å². The third kappa shape index (κ3) is 3.14. The topological polar surface area (TPSA) is 75.4 Å². The van der Waals surface area contributed by atoms with E-state index < -0.39 is 10.0 Å². The molecule has 0 saturated heterocycles. The highest BCUT2D eigenvalue weighted by Crippen LogP contribution is 2.28. The Kier molecular flexibility index (Phi) is 4.15. The van der Waals surface area contributed by atoms with E-state index in [0.29, 0.717) is 11.4 Å². The van der Waals surface area contributed by atoms with Crippen LogP contribution in [0.4, 0.5) is 21.5 Å². The van der Waals surface area contributed by atoms with Gasteiger partial charge in [0.05, 0.1) is 5.69 Å². The van der Waals surface area contributed by atoms with E-state index in [4.69, 9.17) is 5.73 Å². The summed E-state index contributed by atoms with van der Waals surface area (Å²) in [6.45, 7) is 0. The molecule has 112 valence electrons. The second-order valence-corrected chi connectivity index (χ2v) is 6.32. The van der Waals surface area contributed by atoms with Gasteiger partial charge < -0.3 is 10.6 Å². The van der Waals surface area contributed by atoms with Gasteiger partial charge >= 0.3 is 0 Å². The van der Waals surface area contributed by atoms with Crippen LogP contribution < -0.4 is 15.4 Å². The van der Waals surface area contributed by atoms with Crippen molar-refractivity contribution in [2.75, 3.05) is 24.7 Å². The molecule has 7 heteroatoms. The fourth-order valence-corrected chi connectivity index (χ4v) is 2.77. The van der Waals surface area contributed by atoms with Gasteiger partial charge in [0, 0.05) is 18.4 Å². The van der Waals surface area contributed by atoms with E-state index >= 15 is 0 Å². The Morgan fingerprint density at radius 3 is 2.38 bits per heavy atom. The summed E-state index contributed by atoms with van der Waals surface area (Å²) < 4.78 is 39.0. The molecule has 0 unspecified atom stereocenters. The molecule has 0 spiro atoms. The summed E-state index contributed by atoms with van der Waals surface area (Å²) in [6, 6.07) is 10.7. The fourth-order valence-electron chi connectivity index (χ4n) is 1.93. The number of nitrogen functional groups attached to an aromatic ring is 1. The molecule has 0 fully saturated rings. The van der Waals surface area contributed by atoms with Crippen molar-refractivity contribution >= 4 is 27.1 Å². The third-order valence-corrected chi connectivity index (χ3v) is 4.62. The SMILES string of the molecule is CNS(=O)(=O)c1ccc(N(C)c2cccc(F)c2)cc1N. The molecule has 21 heavy (non-hydrogen) atoms. The summed E-state index contributed by atoms with van der Waals surface area (Å²) in [5.41, 5.74) is 7.24. The molecule has 0 aliphatic rings. The largest absolute Gasteiger partial charge is 0.398 e. The molecule has 0 aliphatic carbocycles. The van der Waals surface area contributed by atoms with Gasteiger partial charge in [-0.3, -0.25) is 0 Å². The quantitative estimate of drug-likeness (QED) is 0.848. The van der Waals surface area contributed by atoms with Crippen molar-refractivity contribution in [1.82, 2.24) is 4.72 Å². The third-order valence-electron chi connectivity index (χ3n) is 3.13. The van der Waals surface area contributed by atoms with Gasteiger partial charge in [0.25, 0.3) is 0 Å². The van der Waals surface area contributed by atoms with Gasteiger partial charge in [-0.2, -0.15) is 0 Å². The van der Waals surface area contributed by atoms with E-state index in [0.717, 1.165) is 0 Å². The number of hydrogen-bond donors (Lipinski definition) is 2. The van der Waals surface area contributed by atoms with Gasteiger partial charge in [0.15, 0.2) is 0 Å². The van der Waals surface area contributed by atoms with E-state index in [1.165, 1.54) is 31.3 Å². The van der Waals surface area contributed by atoms with Crippen LogP contribution in [-0.2, 0) is 10.0 Å². The molecule has 0 aliphatic heterocycles. The van der Waals surface area contributed by atoms with Crippen LogP contribution in [0.2, 0.25) is 0 Å². The Labute approximate surface area is 123 Å². The highest BCUT2D eigenvalue weighted by atomic mass is 32.2. The lowest BCUT2D eigenvalue weighted by atomic mass is 10.2. The van der Waals surface area contributed by atoms with Crippen molar-refractivity contribution in [2.24, 2.45) is 0 Å². The van der Waals surface area contributed by atoms with Crippen molar-refractivity contribution in [3.8, 4) is 0 Å².